The maximum atomic E-state index is 13.1. The predicted molar refractivity (Wildman–Crippen MR) is 119 cm³/mol. The third-order valence-electron chi connectivity index (χ3n) is 4.92. The number of aromatic nitrogens is 1. The lowest BCUT2D eigenvalue weighted by Gasteiger charge is -2.10. The summed E-state index contributed by atoms with van der Waals surface area (Å²) in [5, 5.41) is 9.06. The SMILES string of the molecule is Cc1sc(NC(=O)CCC(=O)N2CCC(c3ccccc3)=N2)nc1-c1ccc(F)cc1. The molecule has 2 aromatic carbocycles. The highest BCUT2D eigenvalue weighted by Crippen LogP contribution is 2.30. The Bertz CT molecular complexity index is 1130. The average Bonchev–Trinajstić information content (AvgIpc) is 3.40. The van der Waals surface area contributed by atoms with Gasteiger partial charge in [0, 0.05) is 29.7 Å². The van der Waals surface area contributed by atoms with Crippen molar-refractivity contribution in [2.75, 3.05) is 11.9 Å². The second-order valence-corrected chi connectivity index (χ2v) is 8.36. The summed E-state index contributed by atoms with van der Waals surface area (Å²) in [6.07, 6.45) is 0.828. The number of nitrogens with zero attached hydrogens (tertiary/aromatic N) is 3. The summed E-state index contributed by atoms with van der Waals surface area (Å²) < 4.78 is 13.1. The van der Waals surface area contributed by atoms with Gasteiger partial charge in [-0.1, -0.05) is 30.3 Å². The highest BCUT2D eigenvalue weighted by atomic mass is 32.1. The summed E-state index contributed by atoms with van der Waals surface area (Å²) in [4.78, 5) is 30.1. The van der Waals surface area contributed by atoms with Crippen LogP contribution in [0.4, 0.5) is 9.52 Å². The Morgan fingerprint density at radius 1 is 1.06 bits per heavy atom. The van der Waals surface area contributed by atoms with Gasteiger partial charge in [-0.2, -0.15) is 5.10 Å². The van der Waals surface area contributed by atoms with Crippen molar-refractivity contribution in [2.45, 2.75) is 26.2 Å². The largest absolute Gasteiger partial charge is 0.302 e. The van der Waals surface area contributed by atoms with Gasteiger partial charge in [0.05, 0.1) is 18.0 Å². The first-order chi connectivity index (χ1) is 15.0. The summed E-state index contributed by atoms with van der Waals surface area (Å²) in [7, 11) is 0. The number of nitrogens with one attached hydrogen (secondary N) is 1. The molecule has 0 fully saturated rings. The molecule has 1 aliphatic rings. The number of anilines is 1. The van der Waals surface area contributed by atoms with Crippen LogP contribution >= 0.6 is 11.3 Å². The van der Waals surface area contributed by atoms with Gasteiger partial charge in [0.25, 0.3) is 0 Å². The van der Waals surface area contributed by atoms with E-state index < -0.39 is 0 Å². The van der Waals surface area contributed by atoms with Crippen LogP contribution in [-0.4, -0.2) is 34.1 Å². The summed E-state index contributed by atoms with van der Waals surface area (Å²) in [5.41, 5.74) is 3.37. The molecule has 6 nitrogen and oxygen atoms in total. The van der Waals surface area contributed by atoms with Crippen LogP contribution in [0.3, 0.4) is 0 Å². The number of carbonyl (C=O) groups is 2. The molecular weight excluding hydrogens is 415 g/mol. The van der Waals surface area contributed by atoms with Gasteiger partial charge in [-0.15, -0.1) is 11.3 Å². The molecule has 3 aromatic rings. The zero-order chi connectivity index (χ0) is 21.8. The smallest absolute Gasteiger partial charge is 0.243 e. The first-order valence-electron chi connectivity index (χ1n) is 9.96. The van der Waals surface area contributed by atoms with Crippen LogP contribution in [0.25, 0.3) is 11.3 Å². The molecule has 1 aliphatic heterocycles. The Morgan fingerprint density at radius 2 is 1.81 bits per heavy atom. The molecule has 0 atom stereocenters. The summed E-state index contributed by atoms with van der Waals surface area (Å²) >= 11 is 1.35. The quantitative estimate of drug-likeness (QED) is 0.613. The van der Waals surface area contributed by atoms with Crippen molar-refractivity contribution in [1.29, 1.82) is 0 Å². The van der Waals surface area contributed by atoms with Crippen LogP contribution in [-0.2, 0) is 9.59 Å². The highest BCUT2D eigenvalue weighted by molar-refractivity contribution is 7.16. The number of hydrazone groups is 1. The standard InChI is InChI=1S/C23H21FN4O2S/c1-15-22(17-7-9-18(24)10-8-17)26-23(31-15)25-20(29)11-12-21(30)28-14-13-19(27-28)16-5-3-2-4-6-16/h2-10H,11-14H2,1H3,(H,25,26,29). The third kappa shape index (κ3) is 5.03. The van der Waals surface area contributed by atoms with E-state index in [2.05, 4.69) is 15.4 Å². The van der Waals surface area contributed by atoms with Crippen LogP contribution in [0.2, 0.25) is 0 Å². The van der Waals surface area contributed by atoms with Crippen LogP contribution in [0.1, 0.15) is 29.7 Å². The normalized spacial score (nSPS) is 13.2. The number of aryl methyl sites for hydroxylation is 1. The fourth-order valence-electron chi connectivity index (χ4n) is 3.33. The van der Waals surface area contributed by atoms with E-state index in [1.165, 1.54) is 28.5 Å². The molecule has 4 rings (SSSR count). The molecular formula is C23H21FN4O2S. The highest BCUT2D eigenvalue weighted by Gasteiger charge is 2.22. The molecule has 31 heavy (non-hydrogen) atoms. The van der Waals surface area contributed by atoms with Crippen molar-refractivity contribution in [3.05, 3.63) is 70.9 Å². The molecule has 0 saturated heterocycles. The van der Waals surface area contributed by atoms with E-state index in [4.69, 9.17) is 0 Å². The second kappa shape index (κ2) is 9.18. The van der Waals surface area contributed by atoms with Gasteiger partial charge >= 0.3 is 0 Å². The number of carbonyl (C=O) groups excluding carboxylic acids is 2. The maximum absolute atomic E-state index is 13.1. The van der Waals surface area contributed by atoms with Crippen molar-refractivity contribution in [3.8, 4) is 11.3 Å². The lowest BCUT2D eigenvalue weighted by Crippen LogP contribution is -2.24. The Labute approximate surface area is 183 Å². The summed E-state index contributed by atoms with van der Waals surface area (Å²) in [6, 6.07) is 15.8. The molecule has 1 aromatic heterocycles. The van der Waals surface area contributed by atoms with E-state index in [-0.39, 0.29) is 30.5 Å². The summed E-state index contributed by atoms with van der Waals surface area (Å²) in [5.74, 6) is -0.768. The minimum absolute atomic E-state index is 0.0516. The first-order valence-corrected chi connectivity index (χ1v) is 10.8. The molecule has 0 aliphatic carbocycles. The van der Waals surface area contributed by atoms with Crippen LogP contribution in [0.15, 0.2) is 59.7 Å². The Morgan fingerprint density at radius 3 is 2.55 bits per heavy atom. The summed E-state index contributed by atoms with van der Waals surface area (Å²) in [6.45, 7) is 2.42. The Hall–Kier alpha value is -3.39. The average molecular weight is 437 g/mol. The number of benzene rings is 2. The van der Waals surface area contributed by atoms with E-state index in [0.29, 0.717) is 23.8 Å². The number of amides is 2. The van der Waals surface area contributed by atoms with Gasteiger partial charge in [0.1, 0.15) is 5.82 Å². The minimum atomic E-state index is -0.312. The van der Waals surface area contributed by atoms with Gasteiger partial charge in [-0.3, -0.25) is 9.59 Å². The lowest BCUT2D eigenvalue weighted by molar-refractivity contribution is -0.132. The van der Waals surface area contributed by atoms with Crippen molar-refractivity contribution in [1.82, 2.24) is 9.99 Å². The number of halogens is 1. The molecule has 0 bridgehead atoms. The van der Waals surface area contributed by atoms with Gasteiger partial charge in [-0.05, 0) is 36.8 Å². The fourth-order valence-corrected chi connectivity index (χ4v) is 4.18. The molecule has 1 N–H and O–H groups in total. The van der Waals surface area contributed by atoms with Gasteiger partial charge in [-0.25, -0.2) is 14.4 Å². The van der Waals surface area contributed by atoms with Crippen LogP contribution in [0, 0.1) is 12.7 Å². The van der Waals surface area contributed by atoms with Crippen LogP contribution < -0.4 is 5.32 Å². The number of rotatable bonds is 6. The van der Waals surface area contributed by atoms with Crippen molar-refractivity contribution in [2.24, 2.45) is 5.10 Å². The second-order valence-electron chi connectivity index (χ2n) is 7.16. The fraction of sp³-hybridized carbons (Fsp3) is 0.217. The Kier molecular flexibility index (Phi) is 6.18. The molecule has 0 spiro atoms. The van der Waals surface area contributed by atoms with E-state index in [0.717, 1.165) is 21.7 Å². The predicted octanol–water partition coefficient (Wildman–Crippen LogP) is 4.61. The maximum Gasteiger partial charge on any atom is 0.243 e. The molecule has 2 heterocycles. The molecule has 0 unspecified atom stereocenters. The molecule has 0 saturated carbocycles. The molecule has 0 radical (unpaired) electrons. The van der Waals surface area contributed by atoms with E-state index in [9.17, 15) is 14.0 Å². The van der Waals surface area contributed by atoms with Crippen LogP contribution in [0.5, 0.6) is 0 Å². The monoisotopic (exact) mass is 436 g/mol. The number of hydrogen-bond acceptors (Lipinski definition) is 5. The zero-order valence-electron chi connectivity index (χ0n) is 17.0. The van der Waals surface area contributed by atoms with E-state index in [1.807, 2.05) is 37.3 Å². The first kappa shape index (κ1) is 20.9. The third-order valence-corrected chi connectivity index (χ3v) is 5.81. The van der Waals surface area contributed by atoms with Crippen molar-refractivity contribution >= 4 is 34.0 Å². The van der Waals surface area contributed by atoms with Gasteiger partial charge in [0.2, 0.25) is 11.8 Å². The van der Waals surface area contributed by atoms with E-state index in [1.54, 1.807) is 12.1 Å². The topological polar surface area (TPSA) is 74.7 Å². The zero-order valence-corrected chi connectivity index (χ0v) is 17.8. The molecule has 8 heteroatoms. The van der Waals surface area contributed by atoms with Crippen molar-refractivity contribution < 1.29 is 14.0 Å². The van der Waals surface area contributed by atoms with Crippen molar-refractivity contribution in [3.63, 3.8) is 0 Å². The minimum Gasteiger partial charge on any atom is -0.302 e. The lowest BCUT2D eigenvalue weighted by atomic mass is 10.1. The van der Waals surface area contributed by atoms with Gasteiger partial charge in [0.15, 0.2) is 5.13 Å². The molecule has 2 amide bonds. The van der Waals surface area contributed by atoms with E-state index >= 15 is 0 Å². The number of hydrogen-bond donors (Lipinski definition) is 1. The number of thiazole rings is 1. The Balaban J connectivity index is 1.32. The van der Waals surface area contributed by atoms with Gasteiger partial charge < -0.3 is 5.32 Å². The molecule has 158 valence electrons.